The molecule has 0 aliphatic rings. The van der Waals surface area contributed by atoms with Crippen molar-refractivity contribution >= 4 is 16.8 Å². The van der Waals surface area contributed by atoms with Gasteiger partial charge in [-0.25, -0.2) is 4.39 Å². The van der Waals surface area contributed by atoms with Gasteiger partial charge in [0.2, 0.25) is 5.91 Å². The van der Waals surface area contributed by atoms with Crippen LogP contribution in [-0.2, 0) is 11.3 Å². The summed E-state index contributed by atoms with van der Waals surface area (Å²) in [5, 5.41) is 4.13. The first-order chi connectivity index (χ1) is 11.1. The molecular weight excluding hydrogens is 291 g/mol. The summed E-state index contributed by atoms with van der Waals surface area (Å²) < 4.78 is 15.0. The molecule has 3 rings (SSSR count). The van der Waals surface area contributed by atoms with Gasteiger partial charge in [-0.1, -0.05) is 30.3 Å². The molecule has 2 aromatic carbocycles. The first kappa shape index (κ1) is 15.3. The van der Waals surface area contributed by atoms with E-state index in [4.69, 9.17) is 0 Å². The highest BCUT2D eigenvalue weighted by Gasteiger charge is 2.10. The average Bonchev–Trinajstić information content (AvgIpc) is 2.97. The zero-order chi connectivity index (χ0) is 16.2. The van der Waals surface area contributed by atoms with Crippen molar-refractivity contribution in [1.82, 2.24) is 9.88 Å². The van der Waals surface area contributed by atoms with E-state index in [1.807, 2.05) is 37.4 Å². The molecular formula is C19H19FN2O. The third-order valence-corrected chi connectivity index (χ3v) is 4.01. The van der Waals surface area contributed by atoms with Crippen LogP contribution in [0.2, 0.25) is 0 Å². The van der Waals surface area contributed by atoms with Gasteiger partial charge in [-0.05, 0) is 42.1 Å². The van der Waals surface area contributed by atoms with E-state index in [0.717, 1.165) is 11.1 Å². The minimum atomic E-state index is -0.272. The maximum absolute atomic E-state index is 12.9. The monoisotopic (exact) mass is 310 g/mol. The number of rotatable bonds is 5. The summed E-state index contributed by atoms with van der Waals surface area (Å²) >= 11 is 0. The van der Waals surface area contributed by atoms with Crippen molar-refractivity contribution < 1.29 is 9.18 Å². The number of aromatic nitrogens is 1. The molecule has 1 heterocycles. The zero-order valence-corrected chi connectivity index (χ0v) is 13.0. The number of carbonyl (C=O) groups is 1. The highest BCUT2D eigenvalue weighted by atomic mass is 19.1. The fourth-order valence-electron chi connectivity index (χ4n) is 2.71. The molecule has 1 N–H and O–H groups in total. The van der Waals surface area contributed by atoms with Gasteiger partial charge in [0.25, 0.3) is 0 Å². The van der Waals surface area contributed by atoms with Gasteiger partial charge in [0, 0.05) is 24.7 Å². The minimum absolute atomic E-state index is 0.0143. The van der Waals surface area contributed by atoms with Crippen molar-refractivity contribution in [2.75, 3.05) is 0 Å². The molecule has 0 aliphatic carbocycles. The number of hydrogen-bond donors (Lipinski definition) is 1. The second-order valence-corrected chi connectivity index (χ2v) is 5.66. The Morgan fingerprint density at radius 3 is 2.65 bits per heavy atom. The van der Waals surface area contributed by atoms with E-state index < -0.39 is 0 Å². The summed E-state index contributed by atoms with van der Waals surface area (Å²) in [5.74, 6) is -0.286. The molecule has 1 aromatic heterocycles. The molecule has 1 amide bonds. The van der Waals surface area contributed by atoms with Gasteiger partial charge < -0.3 is 9.88 Å². The van der Waals surface area contributed by atoms with Gasteiger partial charge in [0.1, 0.15) is 5.82 Å². The van der Waals surface area contributed by atoms with E-state index in [-0.39, 0.29) is 17.8 Å². The van der Waals surface area contributed by atoms with Crippen molar-refractivity contribution in [2.45, 2.75) is 25.9 Å². The Hall–Kier alpha value is -2.62. The number of amides is 1. The number of hydrogen-bond acceptors (Lipinski definition) is 1. The molecule has 0 radical (unpaired) electrons. The van der Waals surface area contributed by atoms with Crippen LogP contribution in [0.3, 0.4) is 0 Å². The molecule has 3 nitrogen and oxygen atoms in total. The van der Waals surface area contributed by atoms with E-state index in [1.54, 1.807) is 12.1 Å². The smallest absolute Gasteiger partial charge is 0.222 e. The van der Waals surface area contributed by atoms with Crippen LogP contribution in [-0.4, -0.2) is 10.5 Å². The largest absolute Gasteiger partial charge is 0.350 e. The highest BCUT2D eigenvalue weighted by molar-refractivity contribution is 5.80. The number of nitrogens with zero attached hydrogens (tertiary/aromatic N) is 1. The summed E-state index contributed by atoms with van der Waals surface area (Å²) in [6, 6.07) is 16.2. The van der Waals surface area contributed by atoms with Crippen LogP contribution in [0.1, 0.15) is 24.9 Å². The Kier molecular flexibility index (Phi) is 4.42. The van der Waals surface area contributed by atoms with Crippen LogP contribution in [0.25, 0.3) is 10.9 Å². The number of fused-ring (bicyclic) bond motifs is 1. The van der Waals surface area contributed by atoms with E-state index in [0.29, 0.717) is 13.0 Å². The van der Waals surface area contributed by atoms with E-state index in [2.05, 4.69) is 16.0 Å². The summed E-state index contributed by atoms with van der Waals surface area (Å²) in [5.41, 5.74) is 2.03. The number of halogens is 1. The van der Waals surface area contributed by atoms with E-state index in [1.165, 1.54) is 17.5 Å². The second kappa shape index (κ2) is 6.65. The minimum Gasteiger partial charge on any atom is -0.350 e. The topological polar surface area (TPSA) is 34.0 Å². The van der Waals surface area contributed by atoms with Gasteiger partial charge in [0.15, 0.2) is 0 Å². The van der Waals surface area contributed by atoms with E-state index in [9.17, 15) is 9.18 Å². The van der Waals surface area contributed by atoms with Crippen molar-refractivity contribution in [2.24, 2.45) is 0 Å². The molecule has 0 spiro atoms. The lowest BCUT2D eigenvalue weighted by Gasteiger charge is -2.14. The normalized spacial score (nSPS) is 12.3. The first-order valence-corrected chi connectivity index (χ1v) is 7.72. The Labute approximate surface area is 134 Å². The molecule has 0 fully saturated rings. The molecule has 0 saturated carbocycles. The quantitative estimate of drug-likeness (QED) is 0.758. The number of nitrogens with one attached hydrogen (secondary N) is 1. The standard InChI is InChI=1S/C19H19FN2O/c1-14(15-6-8-17(20)9-7-15)21-19(23)11-13-22-12-10-16-4-2-3-5-18(16)22/h2-10,12,14H,11,13H2,1H3,(H,21,23)/t14-/m0/s1. The molecule has 1 atom stereocenters. The molecule has 3 aromatic rings. The lowest BCUT2D eigenvalue weighted by atomic mass is 10.1. The SMILES string of the molecule is C[C@H](NC(=O)CCn1ccc2ccccc21)c1ccc(F)cc1. The molecule has 0 bridgehead atoms. The summed E-state index contributed by atoms with van der Waals surface area (Å²) in [4.78, 5) is 12.1. The van der Waals surface area contributed by atoms with Gasteiger partial charge in [0.05, 0.1) is 6.04 Å². The summed E-state index contributed by atoms with van der Waals surface area (Å²) in [7, 11) is 0. The number of aryl methyl sites for hydroxylation is 1. The predicted molar refractivity (Wildman–Crippen MR) is 89.5 cm³/mol. The lowest BCUT2D eigenvalue weighted by molar-refractivity contribution is -0.121. The Morgan fingerprint density at radius 2 is 1.87 bits per heavy atom. The number of para-hydroxylation sites is 1. The van der Waals surface area contributed by atoms with Gasteiger partial charge >= 0.3 is 0 Å². The number of benzene rings is 2. The first-order valence-electron chi connectivity index (χ1n) is 7.72. The fraction of sp³-hybridized carbons (Fsp3) is 0.211. The number of carbonyl (C=O) groups excluding carboxylic acids is 1. The van der Waals surface area contributed by atoms with Crippen LogP contribution >= 0.6 is 0 Å². The highest BCUT2D eigenvalue weighted by Crippen LogP contribution is 2.16. The Bertz CT molecular complexity index is 808. The van der Waals surface area contributed by atoms with Crippen molar-refractivity contribution in [3.05, 3.63) is 72.2 Å². The zero-order valence-electron chi connectivity index (χ0n) is 13.0. The fourth-order valence-corrected chi connectivity index (χ4v) is 2.71. The third kappa shape index (κ3) is 3.59. The van der Waals surface area contributed by atoms with Crippen molar-refractivity contribution in [3.63, 3.8) is 0 Å². The summed E-state index contributed by atoms with van der Waals surface area (Å²) in [6.45, 7) is 2.53. The Balaban J connectivity index is 1.58. The molecule has 118 valence electrons. The van der Waals surface area contributed by atoms with E-state index >= 15 is 0 Å². The maximum atomic E-state index is 12.9. The molecule has 0 aliphatic heterocycles. The Morgan fingerprint density at radius 1 is 1.13 bits per heavy atom. The predicted octanol–water partition coefficient (Wildman–Crippen LogP) is 4.05. The van der Waals surface area contributed by atoms with Crippen LogP contribution in [0.5, 0.6) is 0 Å². The molecule has 0 unspecified atom stereocenters. The van der Waals surface area contributed by atoms with Crippen molar-refractivity contribution in [3.8, 4) is 0 Å². The van der Waals surface area contributed by atoms with Gasteiger partial charge in [-0.2, -0.15) is 0 Å². The molecule has 0 saturated heterocycles. The molecule has 4 heteroatoms. The van der Waals surface area contributed by atoms with Crippen LogP contribution in [0.4, 0.5) is 4.39 Å². The van der Waals surface area contributed by atoms with Crippen LogP contribution < -0.4 is 5.32 Å². The van der Waals surface area contributed by atoms with Gasteiger partial charge in [-0.15, -0.1) is 0 Å². The maximum Gasteiger partial charge on any atom is 0.222 e. The average molecular weight is 310 g/mol. The van der Waals surface area contributed by atoms with Crippen LogP contribution in [0, 0.1) is 5.82 Å². The van der Waals surface area contributed by atoms with Gasteiger partial charge in [-0.3, -0.25) is 4.79 Å². The lowest BCUT2D eigenvalue weighted by Crippen LogP contribution is -2.27. The summed E-state index contributed by atoms with van der Waals surface area (Å²) in [6.07, 6.45) is 2.41. The third-order valence-electron chi connectivity index (χ3n) is 4.01. The second-order valence-electron chi connectivity index (χ2n) is 5.66. The van der Waals surface area contributed by atoms with Crippen molar-refractivity contribution in [1.29, 1.82) is 0 Å². The molecule has 23 heavy (non-hydrogen) atoms. The van der Waals surface area contributed by atoms with Crippen LogP contribution in [0.15, 0.2) is 60.8 Å².